The highest BCUT2D eigenvalue weighted by molar-refractivity contribution is 5.70. The highest BCUT2D eigenvalue weighted by atomic mass is 14.7. The summed E-state index contributed by atoms with van der Waals surface area (Å²) in [5.74, 6) is 0.363. The van der Waals surface area contributed by atoms with E-state index in [1.807, 2.05) is 13.8 Å². The summed E-state index contributed by atoms with van der Waals surface area (Å²) in [6.07, 6.45) is 4.87. The third-order valence-corrected chi connectivity index (χ3v) is 1.08. The Bertz CT molecular complexity index is 155. The minimum Gasteiger partial charge on any atom is -0.401 e. The number of hydrogen-bond acceptors (Lipinski definition) is 2. The summed E-state index contributed by atoms with van der Waals surface area (Å²) >= 11 is 0. The molecule has 0 unspecified atom stereocenters. The van der Waals surface area contributed by atoms with Crippen LogP contribution in [0.1, 0.15) is 13.8 Å². The van der Waals surface area contributed by atoms with Gasteiger partial charge in [-0.15, -0.1) is 0 Å². The van der Waals surface area contributed by atoms with E-state index in [-0.39, 0.29) is 0 Å². The summed E-state index contributed by atoms with van der Waals surface area (Å²) in [6, 6.07) is 0. The van der Waals surface area contributed by atoms with E-state index in [9.17, 15) is 0 Å². The lowest BCUT2D eigenvalue weighted by atomic mass is 10.2. The molecule has 56 valence electrons. The first-order chi connectivity index (χ1) is 4.68. The van der Waals surface area contributed by atoms with Crippen molar-refractivity contribution in [3.63, 3.8) is 0 Å². The van der Waals surface area contributed by atoms with Crippen molar-refractivity contribution in [3.05, 3.63) is 24.6 Å². The lowest BCUT2D eigenvalue weighted by molar-refractivity contribution is 0.754. The van der Waals surface area contributed by atoms with Gasteiger partial charge >= 0.3 is 0 Å². The van der Waals surface area contributed by atoms with Gasteiger partial charge in [-0.25, -0.2) is 0 Å². The molecule has 10 heavy (non-hydrogen) atoms. The van der Waals surface area contributed by atoms with Gasteiger partial charge in [0.25, 0.3) is 0 Å². The van der Waals surface area contributed by atoms with Crippen molar-refractivity contribution in [1.29, 1.82) is 0 Å². The second kappa shape index (κ2) is 4.79. The molecule has 0 fully saturated rings. The van der Waals surface area contributed by atoms with Crippen LogP contribution in [0.4, 0.5) is 0 Å². The van der Waals surface area contributed by atoms with Gasteiger partial charge in [-0.3, -0.25) is 4.99 Å². The van der Waals surface area contributed by atoms with Gasteiger partial charge in [-0.1, -0.05) is 26.5 Å². The van der Waals surface area contributed by atoms with Gasteiger partial charge in [0.1, 0.15) is 0 Å². The Hall–Kier alpha value is -1.05. The topological polar surface area (TPSA) is 38.4 Å². The van der Waals surface area contributed by atoms with Crippen molar-refractivity contribution in [2.45, 2.75) is 13.8 Å². The Kier molecular flexibility index (Phi) is 4.29. The van der Waals surface area contributed by atoms with Gasteiger partial charge < -0.3 is 5.73 Å². The van der Waals surface area contributed by atoms with Crippen LogP contribution in [0.15, 0.2) is 29.5 Å². The van der Waals surface area contributed by atoms with Crippen molar-refractivity contribution < 1.29 is 0 Å². The van der Waals surface area contributed by atoms with E-state index < -0.39 is 0 Å². The third kappa shape index (κ3) is 3.89. The molecule has 0 aromatic carbocycles. The van der Waals surface area contributed by atoms with E-state index in [2.05, 4.69) is 11.6 Å². The molecule has 0 aliphatic heterocycles. The summed E-state index contributed by atoms with van der Waals surface area (Å²) in [4.78, 5) is 3.88. The van der Waals surface area contributed by atoms with E-state index in [0.717, 1.165) is 5.70 Å². The molecule has 0 atom stereocenters. The Balaban J connectivity index is 3.91. The molecule has 0 aliphatic rings. The molecule has 0 aliphatic carbocycles. The van der Waals surface area contributed by atoms with Gasteiger partial charge in [0.2, 0.25) is 0 Å². The zero-order valence-corrected chi connectivity index (χ0v) is 6.54. The van der Waals surface area contributed by atoms with E-state index in [4.69, 9.17) is 5.73 Å². The first-order valence-electron chi connectivity index (χ1n) is 3.28. The molecule has 0 spiro atoms. The van der Waals surface area contributed by atoms with Crippen LogP contribution in [-0.4, -0.2) is 6.21 Å². The third-order valence-electron chi connectivity index (χ3n) is 1.08. The molecule has 0 aromatic heterocycles. The fourth-order valence-electron chi connectivity index (χ4n) is 0.339. The van der Waals surface area contributed by atoms with Crippen LogP contribution < -0.4 is 5.73 Å². The predicted octanol–water partition coefficient (Wildman–Crippen LogP) is 1.70. The maximum Gasteiger partial charge on any atom is 0.0458 e. The largest absolute Gasteiger partial charge is 0.401 e. The fraction of sp³-hybridized carbons (Fsp3) is 0.375. The van der Waals surface area contributed by atoms with Crippen LogP contribution in [-0.2, 0) is 0 Å². The zero-order valence-electron chi connectivity index (χ0n) is 6.54. The van der Waals surface area contributed by atoms with Crippen molar-refractivity contribution in [3.8, 4) is 0 Å². The zero-order chi connectivity index (χ0) is 7.98. The second-order valence-corrected chi connectivity index (χ2v) is 2.32. The SMILES string of the molecule is C=C/C=N\C=C(/N)C(C)C. The molecule has 0 radical (unpaired) electrons. The Labute approximate surface area is 62.1 Å². The average molecular weight is 138 g/mol. The molecule has 0 amide bonds. The average Bonchev–Trinajstić information content (AvgIpc) is 1.88. The second-order valence-electron chi connectivity index (χ2n) is 2.32. The summed E-state index contributed by atoms with van der Waals surface area (Å²) in [7, 11) is 0. The minimum atomic E-state index is 0.363. The number of allylic oxidation sites excluding steroid dienone is 2. The fourth-order valence-corrected chi connectivity index (χ4v) is 0.339. The summed E-state index contributed by atoms with van der Waals surface area (Å²) < 4.78 is 0. The molecular formula is C8H14N2. The molecule has 2 N–H and O–H groups in total. The maximum atomic E-state index is 5.57. The van der Waals surface area contributed by atoms with Crippen LogP contribution in [0.2, 0.25) is 0 Å². The smallest absolute Gasteiger partial charge is 0.0458 e. The molecular weight excluding hydrogens is 124 g/mol. The molecule has 0 saturated carbocycles. The first-order valence-corrected chi connectivity index (χ1v) is 3.28. The standard InChI is InChI=1S/C8H14N2/c1-4-5-10-6-8(9)7(2)3/h4-7H,1,9H2,2-3H3/b8-6-,10-5-. The number of rotatable bonds is 3. The molecule has 0 bridgehead atoms. The van der Waals surface area contributed by atoms with Crippen LogP contribution in [0.3, 0.4) is 0 Å². The number of aliphatic imine (C=N–C) groups is 1. The van der Waals surface area contributed by atoms with Gasteiger partial charge in [0, 0.05) is 18.1 Å². The van der Waals surface area contributed by atoms with Gasteiger partial charge in [-0.2, -0.15) is 0 Å². The van der Waals surface area contributed by atoms with Crippen molar-refractivity contribution >= 4 is 6.21 Å². The molecule has 0 rings (SSSR count). The van der Waals surface area contributed by atoms with Gasteiger partial charge in [0.15, 0.2) is 0 Å². The Morgan fingerprint density at radius 3 is 2.60 bits per heavy atom. The van der Waals surface area contributed by atoms with Crippen LogP contribution in [0.25, 0.3) is 0 Å². The summed E-state index contributed by atoms with van der Waals surface area (Å²) in [6.45, 7) is 7.53. The lowest BCUT2D eigenvalue weighted by Gasteiger charge is -2.00. The van der Waals surface area contributed by atoms with Crippen molar-refractivity contribution in [1.82, 2.24) is 0 Å². The van der Waals surface area contributed by atoms with Crippen LogP contribution in [0, 0.1) is 5.92 Å². The van der Waals surface area contributed by atoms with E-state index in [1.54, 1.807) is 18.5 Å². The van der Waals surface area contributed by atoms with Gasteiger partial charge in [-0.05, 0) is 5.92 Å². The number of hydrogen-bond donors (Lipinski definition) is 1. The Morgan fingerprint density at radius 2 is 2.20 bits per heavy atom. The summed E-state index contributed by atoms with van der Waals surface area (Å²) in [5.41, 5.74) is 6.36. The monoisotopic (exact) mass is 138 g/mol. The summed E-state index contributed by atoms with van der Waals surface area (Å²) in [5, 5.41) is 0. The molecule has 0 heterocycles. The Morgan fingerprint density at radius 1 is 1.60 bits per heavy atom. The van der Waals surface area contributed by atoms with Crippen molar-refractivity contribution in [2.75, 3.05) is 0 Å². The molecule has 0 saturated heterocycles. The first kappa shape index (κ1) is 8.95. The van der Waals surface area contributed by atoms with E-state index in [1.165, 1.54) is 0 Å². The molecule has 2 heteroatoms. The normalized spacial score (nSPS) is 12.9. The highest BCUT2D eigenvalue weighted by Gasteiger charge is 1.93. The number of nitrogens with zero attached hydrogens (tertiary/aromatic N) is 1. The van der Waals surface area contributed by atoms with Crippen LogP contribution >= 0.6 is 0 Å². The lowest BCUT2D eigenvalue weighted by Crippen LogP contribution is -2.03. The minimum absolute atomic E-state index is 0.363. The molecule has 2 nitrogen and oxygen atoms in total. The van der Waals surface area contributed by atoms with Crippen molar-refractivity contribution in [2.24, 2.45) is 16.6 Å². The van der Waals surface area contributed by atoms with E-state index >= 15 is 0 Å². The van der Waals surface area contributed by atoms with E-state index in [0.29, 0.717) is 5.92 Å². The molecule has 0 aromatic rings. The maximum absolute atomic E-state index is 5.57. The highest BCUT2D eigenvalue weighted by Crippen LogP contribution is 2.00. The van der Waals surface area contributed by atoms with Gasteiger partial charge in [0.05, 0.1) is 0 Å². The number of nitrogens with two attached hydrogens (primary N) is 1. The predicted molar refractivity (Wildman–Crippen MR) is 45.8 cm³/mol. The quantitative estimate of drug-likeness (QED) is 0.592. The van der Waals surface area contributed by atoms with Crippen LogP contribution in [0.5, 0.6) is 0 Å².